The van der Waals surface area contributed by atoms with Crippen LogP contribution in [0.25, 0.3) is 0 Å². The number of carbonyl (C=O) groups excluding carboxylic acids is 1. The van der Waals surface area contributed by atoms with Crippen molar-refractivity contribution in [3.05, 3.63) is 0 Å². The lowest BCUT2D eigenvalue weighted by Crippen LogP contribution is -2.32. The monoisotopic (exact) mass is 232 g/mol. The quantitative estimate of drug-likeness (QED) is 0.741. The van der Waals surface area contributed by atoms with Crippen molar-refractivity contribution >= 4 is 16.6 Å². The van der Waals surface area contributed by atoms with Crippen molar-refractivity contribution in [2.45, 2.75) is 45.5 Å². The van der Waals surface area contributed by atoms with E-state index < -0.39 is 16.2 Å². The van der Waals surface area contributed by atoms with E-state index in [9.17, 15) is 9.00 Å². The van der Waals surface area contributed by atoms with Crippen LogP contribution in [0, 0.1) is 5.41 Å². The molecule has 1 aliphatic rings. The molecule has 3 unspecified atom stereocenters. The molecule has 88 valence electrons. The minimum absolute atomic E-state index is 0.0265. The number of hydrogen-bond acceptors (Lipinski definition) is 3. The van der Waals surface area contributed by atoms with Gasteiger partial charge in [-0.15, -0.1) is 0 Å². The second-order valence-corrected chi connectivity index (χ2v) is 6.76. The van der Waals surface area contributed by atoms with E-state index in [1.807, 2.05) is 27.7 Å². The lowest BCUT2D eigenvalue weighted by atomic mass is 9.92. The molecule has 15 heavy (non-hydrogen) atoms. The van der Waals surface area contributed by atoms with Gasteiger partial charge in [-0.2, -0.15) is 0 Å². The zero-order valence-corrected chi connectivity index (χ0v) is 10.7. The van der Waals surface area contributed by atoms with E-state index in [1.54, 1.807) is 0 Å². The SMILES string of the molecule is CC1OCCC1S(=O)CC(=O)C(C)(C)C. The lowest BCUT2D eigenvalue weighted by molar-refractivity contribution is -0.123. The van der Waals surface area contributed by atoms with Gasteiger partial charge in [0.25, 0.3) is 0 Å². The van der Waals surface area contributed by atoms with E-state index in [2.05, 4.69) is 0 Å². The molecular weight excluding hydrogens is 212 g/mol. The average Bonchev–Trinajstić information content (AvgIpc) is 2.49. The molecule has 1 fully saturated rings. The van der Waals surface area contributed by atoms with Gasteiger partial charge >= 0.3 is 0 Å². The predicted molar refractivity (Wildman–Crippen MR) is 61.3 cm³/mol. The smallest absolute Gasteiger partial charge is 0.150 e. The normalized spacial score (nSPS) is 29.1. The molecule has 0 spiro atoms. The Hall–Kier alpha value is -0.220. The number of hydrogen-bond donors (Lipinski definition) is 0. The second kappa shape index (κ2) is 4.74. The number of Topliss-reactive ketones (excluding diaryl/α,β-unsaturated/α-hetero) is 1. The molecule has 1 heterocycles. The average molecular weight is 232 g/mol. The first-order chi connectivity index (χ1) is 6.82. The van der Waals surface area contributed by atoms with E-state index in [1.165, 1.54) is 0 Å². The minimum atomic E-state index is -1.08. The fraction of sp³-hybridized carbons (Fsp3) is 0.909. The number of ether oxygens (including phenoxy) is 1. The van der Waals surface area contributed by atoms with Crippen molar-refractivity contribution < 1.29 is 13.7 Å². The number of carbonyl (C=O) groups is 1. The first-order valence-electron chi connectivity index (χ1n) is 5.34. The van der Waals surface area contributed by atoms with Crippen molar-refractivity contribution in [3.8, 4) is 0 Å². The van der Waals surface area contributed by atoms with Gasteiger partial charge in [0.05, 0.1) is 17.1 Å². The predicted octanol–water partition coefficient (Wildman–Crippen LogP) is 1.53. The molecule has 0 N–H and O–H groups in total. The molecule has 1 rings (SSSR count). The van der Waals surface area contributed by atoms with Crippen LogP contribution in [0.1, 0.15) is 34.1 Å². The summed E-state index contributed by atoms with van der Waals surface area (Å²) in [5, 5.41) is 0.0382. The summed E-state index contributed by atoms with van der Waals surface area (Å²) >= 11 is 0. The van der Waals surface area contributed by atoms with Gasteiger partial charge in [-0.3, -0.25) is 9.00 Å². The summed E-state index contributed by atoms with van der Waals surface area (Å²) in [5.74, 6) is 0.238. The Labute approximate surface area is 94.0 Å². The summed E-state index contributed by atoms with van der Waals surface area (Å²) < 4.78 is 17.3. The largest absolute Gasteiger partial charge is 0.377 e. The van der Waals surface area contributed by atoms with Crippen molar-refractivity contribution in [2.75, 3.05) is 12.4 Å². The van der Waals surface area contributed by atoms with Gasteiger partial charge in [0.1, 0.15) is 0 Å². The highest BCUT2D eigenvalue weighted by Gasteiger charge is 2.32. The molecule has 0 aliphatic carbocycles. The maximum atomic E-state index is 11.9. The maximum Gasteiger partial charge on any atom is 0.150 e. The Bertz CT molecular complexity index is 267. The Morgan fingerprint density at radius 1 is 1.47 bits per heavy atom. The van der Waals surface area contributed by atoms with Gasteiger partial charge in [0.15, 0.2) is 5.78 Å². The molecule has 0 saturated carbocycles. The Balaban J connectivity index is 2.52. The van der Waals surface area contributed by atoms with Crippen LogP contribution in [0.4, 0.5) is 0 Å². The van der Waals surface area contributed by atoms with Crippen LogP contribution in [0.15, 0.2) is 0 Å². The summed E-state index contributed by atoms with van der Waals surface area (Å²) in [7, 11) is -1.08. The van der Waals surface area contributed by atoms with Crippen LogP contribution >= 0.6 is 0 Å². The van der Waals surface area contributed by atoms with Crippen LogP contribution in [-0.4, -0.2) is 33.7 Å². The highest BCUT2D eigenvalue weighted by atomic mass is 32.2. The molecule has 3 atom stereocenters. The maximum absolute atomic E-state index is 11.9. The molecule has 4 heteroatoms. The fourth-order valence-corrected chi connectivity index (χ4v) is 3.28. The third-order valence-electron chi connectivity index (χ3n) is 2.75. The zero-order valence-electron chi connectivity index (χ0n) is 9.91. The van der Waals surface area contributed by atoms with E-state index >= 15 is 0 Å². The van der Waals surface area contributed by atoms with E-state index in [0.717, 1.165) is 6.42 Å². The van der Waals surface area contributed by atoms with Gasteiger partial charge in [0, 0.05) is 22.8 Å². The van der Waals surface area contributed by atoms with Crippen molar-refractivity contribution in [1.82, 2.24) is 0 Å². The van der Waals surface area contributed by atoms with Crippen LogP contribution < -0.4 is 0 Å². The van der Waals surface area contributed by atoms with Gasteiger partial charge in [-0.05, 0) is 13.3 Å². The van der Waals surface area contributed by atoms with Gasteiger partial charge < -0.3 is 4.74 Å². The zero-order chi connectivity index (χ0) is 11.6. The molecule has 0 amide bonds. The van der Waals surface area contributed by atoms with Crippen molar-refractivity contribution in [1.29, 1.82) is 0 Å². The second-order valence-electron chi connectivity index (χ2n) is 5.10. The van der Waals surface area contributed by atoms with Crippen LogP contribution in [0.3, 0.4) is 0 Å². The van der Waals surface area contributed by atoms with Gasteiger partial charge in [0.2, 0.25) is 0 Å². The Kier molecular flexibility index (Phi) is 4.06. The highest BCUT2D eigenvalue weighted by Crippen LogP contribution is 2.21. The van der Waals surface area contributed by atoms with Crippen molar-refractivity contribution in [2.24, 2.45) is 5.41 Å². The summed E-state index contributed by atoms with van der Waals surface area (Å²) in [5.41, 5.74) is -0.391. The molecule has 0 aromatic heterocycles. The highest BCUT2D eigenvalue weighted by molar-refractivity contribution is 7.86. The van der Waals surface area contributed by atoms with E-state index in [4.69, 9.17) is 4.74 Å². The Morgan fingerprint density at radius 3 is 2.47 bits per heavy atom. The third kappa shape index (κ3) is 3.38. The summed E-state index contributed by atoms with van der Waals surface area (Å²) in [4.78, 5) is 11.7. The van der Waals surface area contributed by atoms with E-state index in [0.29, 0.717) is 6.61 Å². The minimum Gasteiger partial charge on any atom is -0.377 e. The fourth-order valence-electron chi connectivity index (χ4n) is 1.51. The molecule has 0 bridgehead atoms. The number of rotatable bonds is 3. The topological polar surface area (TPSA) is 43.4 Å². The summed E-state index contributed by atoms with van der Waals surface area (Å²) in [6.07, 6.45) is 0.837. The first-order valence-corrected chi connectivity index (χ1v) is 6.72. The number of ketones is 1. The van der Waals surface area contributed by atoms with Crippen LogP contribution in [0.5, 0.6) is 0 Å². The molecule has 0 aromatic carbocycles. The molecule has 0 radical (unpaired) electrons. The molecule has 3 nitrogen and oxygen atoms in total. The summed E-state index contributed by atoms with van der Waals surface area (Å²) in [6, 6.07) is 0. The van der Waals surface area contributed by atoms with Crippen molar-refractivity contribution in [3.63, 3.8) is 0 Å². The van der Waals surface area contributed by atoms with Gasteiger partial charge in [-0.25, -0.2) is 0 Å². The van der Waals surface area contributed by atoms with Crippen LogP contribution in [-0.2, 0) is 20.3 Å². The molecule has 1 aliphatic heterocycles. The standard InChI is InChI=1S/C11H20O3S/c1-8-9(5-6-14-8)15(13)7-10(12)11(2,3)4/h8-9H,5-7H2,1-4H3. The van der Waals surface area contributed by atoms with Gasteiger partial charge in [-0.1, -0.05) is 20.8 Å². The molecule has 0 aromatic rings. The summed E-state index contributed by atoms with van der Waals surface area (Å²) in [6.45, 7) is 8.18. The van der Waals surface area contributed by atoms with Crippen LogP contribution in [0.2, 0.25) is 0 Å². The first kappa shape index (κ1) is 12.8. The molecular formula is C11H20O3S. The molecule has 1 saturated heterocycles. The Morgan fingerprint density at radius 2 is 2.07 bits per heavy atom. The van der Waals surface area contributed by atoms with E-state index in [-0.39, 0.29) is 22.9 Å². The third-order valence-corrected chi connectivity index (χ3v) is 4.60. The lowest BCUT2D eigenvalue weighted by Gasteiger charge is -2.19.